The molecule has 27 heavy (non-hydrogen) atoms. The molecule has 0 amide bonds. The number of hydrogen-bond donors (Lipinski definition) is 2. The van der Waals surface area contributed by atoms with Crippen molar-refractivity contribution in [3.05, 3.63) is 99.5 Å². The summed E-state index contributed by atoms with van der Waals surface area (Å²) in [6.07, 6.45) is -0.566. The van der Waals surface area contributed by atoms with E-state index in [9.17, 15) is 5.11 Å². The fourth-order valence-corrected chi connectivity index (χ4v) is 3.03. The van der Waals surface area contributed by atoms with Gasteiger partial charge in [0.05, 0.1) is 6.10 Å². The van der Waals surface area contributed by atoms with Gasteiger partial charge >= 0.3 is 0 Å². The van der Waals surface area contributed by atoms with Crippen molar-refractivity contribution >= 4 is 23.2 Å². The molecule has 0 unspecified atom stereocenters. The van der Waals surface area contributed by atoms with Crippen molar-refractivity contribution in [1.29, 1.82) is 0 Å². The van der Waals surface area contributed by atoms with Gasteiger partial charge < -0.3 is 15.2 Å². The van der Waals surface area contributed by atoms with Crippen LogP contribution >= 0.6 is 23.2 Å². The standard InChI is InChI=1S/C22H21Cl2NO2/c23-19-8-6-16(7-9-19)15-27-22-11-10-20(24)12-18(22)13-25-14-21(26)17-4-2-1-3-5-17/h1-12,21,25-26H,13-15H2/t21-/m1/s1. The molecule has 2 N–H and O–H groups in total. The highest BCUT2D eigenvalue weighted by Crippen LogP contribution is 2.24. The summed E-state index contributed by atoms with van der Waals surface area (Å²) >= 11 is 12.1. The summed E-state index contributed by atoms with van der Waals surface area (Å²) in [5, 5.41) is 14.9. The maximum Gasteiger partial charge on any atom is 0.124 e. The molecule has 0 radical (unpaired) electrons. The van der Waals surface area contributed by atoms with E-state index in [1.807, 2.05) is 66.7 Å². The minimum atomic E-state index is -0.566. The van der Waals surface area contributed by atoms with Crippen molar-refractivity contribution < 1.29 is 9.84 Å². The van der Waals surface area contributed by atoms with E-state index < -0.39 is 6.10 Å². The summed E-state index contributed by atoms with van der Waals surface area (Å²) in [5.41, 5.74) is 2.86. The molecule has 3 rings (SSSR count). The van der Waals surface area contributed by atoms with Crippen LogP contribution in [0.15, 0.2) is 72.8 Å². The first-order valence-corrected chi connectivity index (χ1v) is 9.47. The monoisotopic (exact) mass is 401 g/mol. The smallest absolute Gasteiger partial charge is 0.124 e. The van der Waals surface area contributed by atoms with Crippen molar-refractivity contribution in [3.8, 4) is 5.75 Å². The zero-order valence-corrected chi connectivity index (χ0v) is 16.3. The van der Waals surface area contributed by atoms with Crippen LogP contribution in [0.3, 0.4) is 0 Å². The number of ether oxygens (including phenoxy) is 1. The molecular weight excluding hydrogens is 381 g/mol. The minimum absolute atomic E-state index is 0.438. The zero-order valence-electron chi connectivity index (χ0n) is 14.7. The van der Waals surface area contributed by atoms with Crippen LogP contribution in [0.4, 0.5) is 0 Å². The maximum atomic E-state index is 10.3. The molecule has 3 aromatic rings. The molecule has 3 aromatic carbocycles. The highest BCUT2D eigenvalue weighted by molar-refractivity contribution is 6.30. The van der Waals surface area contributed by atoms with Gasteiger partial charge in [-0.25, -0.2) is 0 Å². The van der Waals surface area contributed by atoms with E-state index in [1.54, 1.807) is 6.07 Å². The molecule has 0 spiro atoms. The highest BCUT2D eigenvalue weighted by Gasteiger charge is 2.09. The Kier molecular flexibility index (Phi) is 7.13. The van der Waals surface area contributed by atoms with Crippen LogP contribution in [-0.2, 0) is 13.2 Å². The molecule has 0 saturated carbocycles. The molecule has 0 heterocycles. The van der Waals surface area contributed by atoms with Crippen LogP contribution in [-0.4, -0.2) is 11.7 Å². The number of hydrogen-bond acceptors (Lipinski definition) is 3. The molecule has 0 bridgehead atoms. The molecule has 0 aliphatic heterocycles. The van der Waals surface area contributed by atoms with Crippen LogP contribution in [0.1, 0.15) is 22.8 Å². The molecule has 0 aromatic heterocycles. The molecule has 5 heteroatoms. The van der Waals surface area contributed by atoms with E-state index in [4.69, 9.17) is 27.9 Å². The molecular formula is C22H21Cl2NO2. The Balaban J connectivity index is 1.59. The summed E-state index contributed by atoms with van der Waals surface area (Å²) < 4.78 is 5.96. The van der Waals surface area contributed by atoms with Gasteiger partial charge in [-0.05, 0) is 41.5 Å². The second-order valence-electron chi connectivity index (χ2n) is 6.22. The predicted octanol–water partition coefficient (Wildman–Crippen LogP) is 5.40. The average Bonchev–Trinajstić information content (AvgIpc) is 2.69. The van der Waals surface area contributed by atoms with E-state index in [2.05, 4.69) is 5.32 Å². The van der Waals surface area contributed by atoms with Gasteiger partial charge in [-0.15, -0.1) is 0 Å². The predicted molar refractivity (Wildman–Crippen MR) is 110 cm³/mol. The number of halogens is 2. The quantitative estimate of drug-likeness (QED) is 0.531. The minimum Gasteiger partial charge on any atom is -0.489 e. The van der Waals surface area contributed by atoms with Crippen molar-refractivity contribution in [1.82, 2.24) is 5.32 Å². The summed E-state index contributed by atoms with van der Waals surface area (Å²) in [6, 6.07) is 22.7. The Labute approximate surface area is 169 Å². The van der Waals surface area contributed by atoms with Gasteiger partial charge in [0, 0.05) is 28.7 Å². The van der Waals surface area contributed by atoms with Crippen LogP contribution in [0.5, 0.6) is 5.75 Å². The fraction of sp³-hybridized carbons (Fsp3) is 0.182. The first-order valence-electron chi connectivity index (χ1n) is 8.71. The number of rotatable bonds is 8. The molecule has 0 aliphatic carbocycles. The third-order valence-corrected chi connectivity index (χ3v) is 4.65. The van der Waals surface area contributed by atoms with Crippen molar-refractivity contribution in [2.45, 2.75) is 19.3 Å². The Morgan fingerprint density at radius 1 is 0.889 bits per heavy atom. The summed E-state index contributed by atoms with van der Waals surface area (Å²) in [7, 11) is 0. The first-order chi connectivity index (χ1) is 13.1. The summed E-state index contributed by atoms with van der Waals surface area (Å²) in [5.74, 6) is 0.760. The third kappa shape index (κ3) is 5.98. The highest BCUT2D eigenvalue weighted by atomic mass is 35.5. The van der Waals surface area contributed by atoms with Crippen LogP contribution in [0.2, 0.25) is 10.0 Å². The van der Waals surface area contributed by atoms with Gasteiger partial charge in [-0.3, -0.25) is 0 Å². The van der Waals surface area contributed by atoms with E-state index in [-0.39, 0.29) is 0 Å². The Morgan fingerprint density at radius 2 is 1.59 bits per heavy atom. The second-order valence-corrected chi connectivity index (χ2v) is 7.10. The van der Waals surface area contributed by atoms with Gasteiger partial charge in [0.1, 0.15) is 12.4 Å². The molecule has 140 valence electrons. The summed E-state index contributed by atoms with van der Waals surface area (Å²) in [6.45, 7) is 1.42. The lowest BCUT2D eigenvalue weighted by molar-refractivity contribution is 0.174. The number of nitrogens with one attached hydrogen (secondary N) is 1. The van der Waals surface area contributed by atoms with E-state index in [0.29, 0.717) is 29.7 Å². The van der Waals surface area contributed by atoms with E-state index in [0.717, 1.165) is 22.4 Å². The average molecular weight is 402 g/mol. The van der Waals surface area contributed by atoms with Gasteiger partial charge in [-0.2, -0.15) is 0 Å². The van der Waals surface area contributed by atoms with Gasteiger partial charge in [0.2, 0.25) is 0 Å². The van der Waals surface area contributed by atoms with Gasteiger partial charge in [0.15, 0.2) is 0 Å². The van der Waals surface area contributed by atoms with Gasteiger partial charge in [-0.1, -0.05) is 65.7 Å². The lowest BCUT2D eigenvalue weighted by Crippen LogP contribution is -2.21. The van der Waals surface area contributed by atoms with E-state index >= 15 is 0 Å². The van der Waals surface area contributed by atoms with Crippen molar-refractivity contribution in [3.63, 3.8) is 0 Å². The lowest BCUT2D eigenvalue weighted by atomic mass is 10.1. The van der Waals surface area contributed by atoms with E-state index in [1.165, 1.54) is 0 Å². The third-order valence-electron chi connectivity index (χ3n) is 4.17. The van der Waals surface area contributed by atoms with Crippen LogP contribution in [0, 0.1) is 0 Å². The van der Waals surface area contributed by atoms with Crippen LogP contribution < -0.4 is 10.1 Å². The molecule has 0 aliphatic rings. The Morgan fingerprint density at radius 3 is 2.33 bits per heavy atom. The SMILES string of the molecule is O[C@H](CNCc1cc(Cl)ccc1OCc1ccc(Cl)cc1)c1ccccc1. The normalized spacial score (nSPS) is 12.0. The molecule has 0 saturated heterocycles. The molecule has 0 fully saturated rings. The molecule has 3 nitrogen and oxygen atoms in total. The van der Waals surface area contributed by atoms with Gasteiger partial charge in [0.25, 0.3) is 0 Å². The first kappa shape index (κ1) is 19.7. The summed E-state index contributed by atoms with van der Waals surface area (Å²) in [4.78, 5) is 0. The number of benzene rings is 3. The number of aliphatic hydroxyl groups excluding tert-OH is 1. The van der Waals surface area contributed by atoms with Crippen LogP contribution in [0.25, 0.3) is 0 Å². The zero-order chi connectivity index (χ0) is 19.1. The maximum absolute atomic E-state index is 10.3. The topological polar surface area (TPSA) is 41.5 Å². The second kappa shape index (κ2) is 9.77. The van der Waals surface area contributed by atoms with Crippen molar-refractivity contribution in [2.75, 3.05) is 6.54 Å². The van der Waals surface area contributed by atoms with Crippen molar-refractivity contribution in [2.24, 2.45) is 0 Å². The lowest BCUT2D eigenvalue weighted by Gasteiger charge is -2.15. The molecule has 1 atom stereocenters. The Bertz CT molecular complexity index is 854. The Hall–Kier alpha value is -2.04. The fourth-order valence-electron chi connectivity index (χ4n) is 2.71. The number of aliphatic hydroxyl groups is 1. The largest absolute Gasteiger partial charge is 0.489 e.